The Balaban J connectivity index is 3.39. The Morgan fingerprint density at radius 1 is 1.07 bits per heavy atom. The standard InChI is InChI=1S/C9H7Cl4NO/c1-14(2)9(15)4-3-5(10)7(12)8(13)6(4)11/h3H,1-2H3. The van der Waals surface area contributed by atoms with Gasteiger partial charge < -0.3 is 4.90 Å². The molecule has 0 aliphatic carbocycles. The molecule has 0 heterocycles. The van der Waals surface area contributed by atoms with Gasteiger partial charge in [-0.1, -0.05) is 46.4 Å². The Morgan fingerprint density at radius 2 is 1.60 bits per heavy atom. The van der Waals surface area contributed by atoms with Gasteiger partial charge in [0.15, 0.2) is 0 Å². The van der Waals surface area contributed by atoms with E-state index < -0.39 is 0 Å². The van der Waals surface area contributed by atoms with Gasteiger partial charge in [0.05, 0.1) is 25.7 Å². The maximum atomic E-state index is 11.7. The first-order valence-corrected chi connectivity index (χ1v) is 5.42. The lowest BCUT2D eigenvalue weighted by Crippen LogP contribution is -2.22. The van der Waals surface area contributed by atoms with E-state index in [0.29, 0.717) is 0 Å². The maximum Gasteiger partial charge on any atom is 0.254 e. The molecular weight excluding hydrogens is 280 g/mol. The van der Waals surface area contributed by atoms with E-state index >= 15 is 0 Å². The first-order chi connectivity index (χ1) is 6.86. The summed E-state index contributed by atoms with van der Waals surface area (Å²) in [6.45, 7) is 0. The fourth-order valence-corrected chi connectivity index (χ4v) is 1.85. The summed E-state index contributed by atoms with van der Waals surface area (Å²) in [5, 5.41) is 0.565. The van der Waals surface area contributed by atoms with Gasteiger partial charge in [-0.25, -0.2) is 0 Å². The first kappa shape index (κ1) is 12.9. The van der Waals surface area contributed by atoms with Gasteiger partial charge in [0.1, 0.15) is 0 Å². The van der Waals surface area contributed by atoms with E-state index in [1.807, 2.05) is 0 Å². The van der Waals surface area contributed by atoms with Crippen molar-refractivity contribution in [2.75, 3.05) is 14.1 Å². The smallest absolute Gasteiger partial charge is 0.254 e. The molecule has 0 bridgehead atoms. The Labute approximate surface area is 108 Å². The third kappa shape index (κ3) is 2.51. The summed E-state index contributed by atoms with van der Waals surface area (Å²) in [6, 6.07) is 1.40. The molecule has 0 saturated carbocycles. The highest BCUT2D eigenvalue weighted by atomic mass is 35.5. The van der Waals surface area contributed by atoms with Gasteiger partial charge in [-0.05, 0) is 6.07 Å². The van der Waals surface area contributed by atoms with Crippen LogP contribution in [0.25, 0.3) is 0 Å². The lowest BCUT2D eigenvalue weighted by Gasteiger charge is -2.13. The van der Waals surface area contributed by atoms with E-state index in [9.17, 15) is 4.79 Å². The molecule has 1 aromatic carbocycles. The summed E-state index contributed by atoms with van der Waals surface area (Å²) in [5.74, 6) is -0.277. The molecule has 0 N–H and O–H groups in total. The topological polar surface area (TPSA) is 20.3 Å². The number of amides is 1. The molecule has 0 unspecified atom stereocenters. The van der Waals surface area contributed by atoms with Gasteiger partial charge >= 0.3 is 0 Å². The molecule has 0 spiro atoms. The number of hydrogen-bond acceptors (Lipinski definition) is 1. The third-order valence-electron chi connectivity index (χ3n) is 1.74. The molecule has 82 valence electrons. The second kappa shape index (κ2) is 4.79. The van der Waals surface area contributed by atoms with Gasteiger partial charge in [-0.3, -0.25) is 4.79 Å². The van der Waals surface area contributed by atoms with Crippen LogP contribution in [0.4, 0.5) is 0 Å². The molecule has 0 aliphatic heterocycles. The molecule has 1 amide bonds. The summed E-state index contributed by atoms with van der Waals surface area (Å²) >= 11 is 23.3. The van der Waals surface area contributed by atoms with Crippen LogP contribution in [0.1, 0.15) is 10.4 Å². The zero-order valence-electron chi connectivity index (χ0n) is 7.94. The number of nitrogens with zero attached hydrogens (tertiary/aromatic N) is 1. The number of carbonyl (C=O) groups is 1. The summed E-state index contributed by atoms with van der Waals surface area (Å²) in [4.78, 5) is 13.0. The predicted molar refractivity (Wildman–Crippen MR) is 64.5 cm³/mol. The zero-order valence-corrected chi connectivity index (χ0v) is 11.0. The molecule has 0 saturated heterocycles. The summed E-state index contributed by atoms with van der Waals surface area (Å²) in [5.41, 5.74) is 0.237. The number of halogens is 4. The van der Waals surface area contributed by atoms with Gasteiger partial charge in [-0.15, -0.1) is 0 Å². The Kier molecular flexibility index (Phi) is 4.13. The fourth-order valence-electron chi connectivity index (χ4n) is 0.969. The van der Waals surface area contributed by atoms with E-state index in [1.54, 1.807) is 14.1 Å². The number of rotatable bonds is 1. The van der Waals surface area contributed by atoms with Crippen LogP contribution >= 0.6 is 46.4 Å². The van der Waals surface area contributed by atoms with Crippen molar-refractivity contribution in [1.29, 1.82) is 0 Å². The van der Waals surface area contributed by atoms with Crippen LogP contribution in [0.3, 0.4) is 0 Å². The van der Waals surface area contributed by atoms with Crippen LogP contribution in [0.5, 0.6) is 0 Å². The van der Waals surface area contributed by atoms with Crippen LogP contribution in [0, 0.1) is 0 Å². The monoisotopic (exact) mass is 285 g/mol. The Hall–Kier alpha value is -0.150. The summed E-state index contributed by atoms with van der Waals surface area (Å²) < 4.78 is 0. The molecule has 0 atom stereocenters. The van der Waals surface area contributed by atoms with E-state index in [0.717, 1.165) is 0 Å². The minimum atomic E-state index is -0.277. The molecular formula is C9H7Cl4NO. The van der Waals surface area contributed by atoms with Crippen LogP contribution in [-0.2, 0) is 0 Å². The largest absolute Gasteiger partial charge is 0.345 e. The quantitative estimate of drug-likeness (QED) is 0.564. The van der Waals surface area contributed by atoms with Crippen molar-refractivity contribution in [3.05, 3.63) is 31.7 Å². The molecule has 0 fully saturated rings. The molecule has 1 rings (SSSR count). The van der Waals surface area contributed by atoms with Crippen LogP contribution in [0.15, 0.2) is 6.07 Å². The van der Waals surface area contributed by atoms with Crippen LogP contribution in [-0.4, -0.2) is 24.9 Å². The van der Waals surface area contributed by atoms with Crippen molar-refractivity contribution in [3.8, 4) is 0 Å². The molecule has 15 heavy (non-hydrogen) atoms. The lowest BCUT2D eigenvalue weighted by atomic mass is 10.2. The molecule has 1 aromatic rings. The van der Waals surface area contributed by atoms with Crippen LogP contribution < -0.4 is 0 Å². The van der Waals surface area contributed by atoms with Gasteiger partial charge in [0.25, 0.3) is 5.91 Å². The molecule has 0 aliphatic rings. The van der Waals surface area contributed by atoms with E-state index in [-0.39, 0.29) is 31.6 Å². The highest BCUT2D eigenvalue weighted by Gasteiger charge is 2.19. The summed E-state index contributed by atoms with van der Waals surface area (Å²) in [6.07, 6.45) is 0. The predicted octanol–water partition coefficient (Wildman–Crippen LogP) is 4.00. The third-order valence-corrected chi connectivity index (χ3v) is 3.49. The van der Waals surface area contributed by atoms with E-state index in [4.69, 9.17) is 46.4 Å². The second-order valence-electron chi connectivity index (χ2n) is 3.05. The average molecular weight is 287 g/mol. The minimum Gasteiger partial charge on any atom is -0.345 e. The molecule has 0 aromatic heterocycles. The molecule has 2 nitrogen and oxygen atoms in total. The Morgan fingerprint density at radius 3 is 2.07 bits per heavy atom. The minimum absolute atomic E-state index is 0.0935. The van der Waals surface area contributed by atoms with Crippen molar-refractivity contribution >= 4 is 52.3 Å². The molecule has 0 radical (unpaired) electrons. The SMILES string of the molecule is CN(C)C(=O)c1cc(Cl)c(Cl)c(Cl)c1Cl. The van der Waals surface area contributed by atoms with E-state index in [1.165, 1.54) is 11.0 Å². The van der Waals surface area contributed by atoms with Crippen molar-refractivity contribution in [2.24, 2.45) is 0 Å². The number of carbonyl (C=O) groups excluding carboxylic acids is 1. The molecule has 6 heteroatoms. The second-order valence-corrected chi connectivity index (χ2v) is 4.59. The van der Waals surface area contributed by atoms with Crippen molar-refractivity contribution in [2.45, 2.75) is 0 Å². The first-order valence-electron chi connectivity index (χ1n) is 3.91. The summed E-state index contributed by atoms with van der Waals surface area (Å²) in [7, 11) is 3.21. The number of hydrogen-bond donors (Lipinski definition) is 0. The highest BCUT2D eigenvalue weighted by Crippen LogP contribution is 2.38. The van der Waals surface area contributed by atoms with Gasteiger partial charge in [0.2, 0.25) is 0 Å². The maximum absolute atomic E-state index is 11.7. The Bertz CT molecular complexity index is 417. The van der Waals surface area contributed by atoms with Crippen molar-refractivity contribution in [1.82, 2.24) is 4.90 Å². The normalized spacial score (nSPS) is 10.3. The van der Waals surface area contributed by atoms with E-state index in [2.05, 4.69) is 0 Å². The highest BCUT2D eigenvalue weighted by molar-refractivity contribution is 6.52. The fraction of sp³-hybridized carbons (Fsp3) is 0.222. The average Bonchev–Trinajstić information content (AvgIpc) is 2.19. The lowest BCUT2D eigenvalue weighted by molar-refractivity contribution is 0.0828. The van der Waals surface area contributed by atoms with Gasteiger partial charge in [0, 0.05) is 14.1 Å². The van der Waals surface area contributed by atoms with Crippen LogP contribution in [0.2, 0.25) is 20.1 Å². The zero-order chi connectivity index (χ0) is 11.7. The van der Waals surface area contributed by atoms with Crippen molar-refractivity contribution < 1.29 is 4.79 Å². The van der Waals surface area contributed by atoms with Crippen molar-refractivity contribution in [3.63, 3.8) is 0 Å². The number of benzene rings is 1. The van der Waals surface area contributed by atoms with Gasteiger partial charge in [-0.2, -0.15) is 0 Å².